The van der Waals surface area contributed by atoms with Gasteiger partial charge in [-0.05, 0) is 43.0 Å². The van der Waals surface area contributed by atoms with Crippen LogP contribution in [-0.2, 0) is 0 Å². The standard InChI is InChI=1S/C15H24N2/c1-11(2)13-6-4-5-7-14(13)15-8-12(9-16)10-17(15)3/h4-7,11-12,15H,8-10,16H2,1-3H3. The molecule has 0 aliphatic carbocycles. The monoisotopic (exact) mass is 232 g/mol. The Morgan fingerprint density at radius 1 is 1.35 bits per heavy atom. The van der Waals surface area contributed by atoms with E-state index in [4.69, 9.17) is 5.73 Å². The Labute approximate surface area is 105 Å². The van der Waals surface area contributed by atoms with E-state index in [1.165, 1.54) is 17.5 Å². The molecule has 0 aromatic heterocycles. The molecule has 1 heterocycles. The van der Waals surface area contributed by atoms with E-state index in [-0.39, 0.29) is 0 Å². The molecule has 1 aromatic rings. The zero-order chi connectivity index (χ0) is 12.4. The molecule has 1 aromatic carbocycles. The fourth-order valence-corrected chi connectivity index (χ4v) is 2.98. The van der Waals surface area contributed by atoms with Crippen molar-refractivity contribution in [2.24, 2.45) is 11.7 Å². The topological polar surface area (TPSA) is 29.3 Å². The molecule has 0 radical (unpaired) electrons. The largest absolute Gasteiger partial charge is 0.330 e. The molecule has 1 fully saturated rings. The van der Waals surface area contributed by atoms with Crippen LogP contribution in [0.4, 0.5) is 0 Å². The summed E-state index contributed by atoms with van der Waals surface area (Å²) in [5.74, 6) is 1.25. The van der Waals surface area contributed by atoms with Gasteiger partial charge in [0.2, 0.25) is 0 Å². The summed E-state index contributed by atoms with van der Waals surface area (Å²) in [6.45, 7) is 6.49. The van der Waals surface area contributed by atoms with Crippen molar-refractivity contribution < 1.29 is 0 Å². The lowest BCUT2D eigenvalue weighted by atomic mass is 9.90. The lowest BCUT2D eigenvalue weighted by Gasteiger charge is -2.23. The Kier molecular flexibility index (Phi) is 3.85. The second kappa shape index (κ2) is 5.19. The molecular formula is C15H24N2. The Morgan fingerprint density at radius 3 is 2.65 bits per heavy atom. The van der Waals surface area contributed by atoms with Crippen molar-refractivity contribution in [3.63, 3.8) is 0 Å². The maximum absolute atomic E-state index is 5.81. The van der Waals surface area contributed by atoms with Crippen LogP contribution in [0.5, 0.6) is 0 Å². The Bertz CT molecular complexity index is 373. The maximum Gasteiger partial charge on any atom is 0.0351 e. The molecule has 17 heavy (non-hydrogen) atoms. The van der Waals surface area contributed by atoms with E-state index in [0.29, 0.717) is 17.9 Å². The van der Waals surface area contributed by atoms with Crippen molar-refractivity contribution >= 4 is 0 Å². The molecule has 0 bridgehead atoms. The summed E-state index contributed by atoms with van der Waals surface area (Å²) in [6, 6.07) is 9.42. The molecule has 0 amide bonds. The van der Waals surface area contributed by atoms with Crippen LogP contribution in [0, 0.1) is 5.92 Å². The van der Waals surface area contributed by atoms with Gasteiger partial charge >= 0.3 is 0 Å². The number of nitrogens with zero attached hydrogens (tertiary/aromatic N) is 1. The second-order valence-electron chi connectivity index (χ2n) is 5.58. The Hall–Kier alpha value is -0.860. The molecule has 94 valence electrons. The summed E-state index contributed by atoms with van der Waals surface area (Å²) in [6.07, 6.45) is 1.21. The molecular weight excluding hydrogens is 208 g/mol. The summed E-state index contributed by atoms with van der Waals surface area (Å²) in [5.41, 5.74) is 8.80. The molecule has 2 N–H and O–H groups in total. The van der Waals surface area contributed by atoms with Crippen LogP contribution >= 0.6 is 0 Å². The van der Waals surface area contributed by atoms with Gasteiger partial charge in [0.15, 0.2) is 0 Å². The van der Waals surface area contributed by atoms with Crippen molar-refractivity contribution in [3.05, 3.63) is 35.4 Å². The van der Waals surface area contributed by atoms with Gasteiger partial charge in [-0.2, -0.15) is 0 Å². The summed E-state index contributed by atoms with van der Waals surface area (Å²) in [4.78, 5) is 2.46. The second-order valence-corrected chi connectivity index (χ2v) is 5.58. The van der Waals surface area contributed by atoms with E-state index in [9.17, 15) is 0 Å². The molecule has 1 saturated heterocycles. The molecule has 2 unspecified atom stereocenters. The SMILES string of the molecule is CC(C)c1ccccc1C1CC(CN)CN1C. The lowest BCUT2D eigenvalue weighted by molar-refractivity contribution is 0.312. The van der Waals surface area contributed by atoms with Gasteiger partial charge in [0, 0.05) is 12.6 Å². The third kappa shape index (κ3) is 2.53. The zero-order valence-electron chi connectivity index (χ0n) is 11.2. The number of nitrogens with two attached hydrogens (primary N) is 1. The third-order valence-corrected chi connectivity index (χ3v) is 3.95. The minimum absolute atomic E-state index is 0.558. The molecule has 1 aliphatic heterocycles. The summed E-state index contributed by atoms with van der Waals surface area (Å²) in [7, 11) is 2.22. The van der Waals surface area contributed by atoms with Gasteiger partial charge in [-0.25, -0.2) is 0 Å². The third-order valence-electron chi connectivity index (χ3n) is 3.95. The van der Waals surface area contributed by atoms with Crippen molar-refractivity contribution in [2.45, 2.75) is 32.2 Å². The van der Waals surface area contributed by atoms with E-state index in [1.807, 2.05) is 0 Å². The fourth-order valence-electron chi connectivity index (χ4n) is 2.98. The normalized spacial score (nSPS) is 25.7. The van der Waals surface area contributed by atoms with Crippen molar-refractivity contribution in [1.82, 2.24) is 4.90 Å². The summed E-state index contributed by atoms with van der Waals surface area (Å²) >= 11 is 0. The van der Waals surface area contributed by atoms with Crippen LogP contribution in [-0.4, -0.2) is 25.0 Å². The van der Waals surface area contributed by atoms with Crippen LogP contribution in [0.15, 0.2) is 24.3 Å². The number of hydrogen-bond donors (Lipinski definition) is 1. The summed E-state index contributed by atoms with van der Waals surface area (Å²) < 4.78 is 0. The molecule has 2 atom stereocenters. The number of benzene rings is 1. The number of rotatable bonds is 3. The Balaban J connectivity index is 2.28. The van der Waals surface area contributed by atoms with E-state index in [2.05, 4.69) is 50.1 Å². The van der Waals surface area contributed by atoms with Crippen LogP contribution in [0.2, 0.25) is 0 Å². The van der Waals surface area contributed by atoms with Gasteiger partial charge in [0.05, 0.1) is 0 Å². The van der Waals surface area contributed by atoms with Gasteiger partial charge < -0.3 is 5.73 Å². The molecule has 2 nitrogen and oxygen atoms in total. The Morgan fingerprint density at radius 2 is 2.06 bits per heavy atom. The molecule has 0 spiro atoms. The average molecular weight is 232 g/mol. The fraction of sp³-hybridized carbons (Fsp3) is 0.600. The average Bonchev–Trinajstić information content (AvgIpc) is 2.70. The minimum atomic E-state index is 0.558. The van der Waals surface area contributed by atoms with Crippen molar-refractivity contribution in [3.8, 4) is 0 Å². The molecule has 2 rings (SSSR count). The van der Waals surface area contributed by atoms with E-state index >= 15 is 0 Å². The van der Waals surface area contributed by atoms with Gasteiger partial charge in [-0.15, -0.1) is 0 Å². The van der Waals surface area contributed by atoms with Crippen LogP contribution in [0.1, 0.15) is 43.4 Å². The van der Waals surface area contributed by atoms with Gasteiger partial charge in [-0.1, -0.05) is 38.1 Å². The highest BCUT2D eigenvalue weighted by Crippen LogP contribution is 2.37. The maximum atomic E-state index is 5.81. The zero-order valence-corrected chi connectivity index (χ0v) is 11.2. The lowest BCUT2D eigenvalue weighted by Crippen LogP contribution is -2.21. The highest BCUT2D eigenvalue weighted by Gasteiger charge is 2.31. The van der Waals surface area contributed by atoms with Crippen molar-refractivity contribution in [1.29, 1.82) is 0 Å². The number of hydrogen-bond acceptors (Lipinski definition) is 2. The molecule has 2 heteroatoms. The molecule has 0 saturated carbocycles. The smallest absolute Gasteiger partial charge is 0.0351 e. The first-order chi connectivity index (χ1) is 8.13. The predicted molar refractivity (Wildman–Crippen MR) is 73.1 cm³/mol. The molecule has 1 aliphatic rings. The highest BCUT2D eigenvalue weighted by atomic mass is 15.2. The van der Waals surface area contributed by atoms with Gasteiger partial charge in [0.25, 0.3) is 0 Å². The van der Waals surface area contributed by atoms with E-state index < -0.39 is 0 Å². The van der Waals surface area contributed by atoms with Crippen LogP contribution in [0.3, 0.4) is 0 Å². The van der Waals surface area contributed by atoms with Crippen LogP contribution < -0.4 is 5.73 Å². The van der Waals surface area contributed by atoms with Gasteiger partial charge in [-0.3, -0.25) is 4.90 Å². The first kappa shape index (κ1) is 12.6. The summed E-state index contributed by atoms with van der Waals surface area (Å²) in [5, 5.41) is 0. The predicted octanol–water partition coefficient (Wildman–Crippen LogP) is 2.76. The first-order valence-corrected chi connectivity index (χ1v) is 6.62. The highest BCUT2D eigenvalue weighted by molar-refractivity contribution is 5.33. The van der Waals surface area contributed by atoms with Crippen molar-refractivity contribution in [2.75, 3.05) is 20.1 Å². The quantitative estimate of drug-likeness (QED) is 0.868. The van der Waals surface area contributed by atoms with Crippen LogP contribution in [0.25, 0.3) is 0 Å². The van der Waals surface area contributed by atoms with E-state index in [1.54, 1.807) is 0 Å². The van der Waals surface area contributed by atoms with E-state index in [0.717, 1.165) is 13.1 Å². The minimum Gasteiger partial charge on any atom is -0.330 e. The number of likely N-dealkylation sites (tertiary alicyclic amines) is 1. The van der Waals surface area contributed by atoms with Gasteiger partial charge in [0.1, 0.15) is 0 Å². The first-order valence-electron chi connectivity index (χ1n) is 6.62.